The summed E-state index contributed by atoms with van der Waals surface area (Å²) in [7, 11) is 0. The second-order valence-electron chi connectivity index (χ2n) is 5.31. The van der Waals surface area contributed by atoms with Gasteiger partial charge in [-0.05, 0) is 0 Å². The molecule has 156 valence electrons. The minimum Gasteiger partial charge on any atom is -0.481 e. The molecule has 15 nitrogen and oxygen atoms in total. The predicted molar refractivity (Wildman–Crippen MR) is 74.4 cm³/mol. The highest BCUT2D eigenvalue weighted by Gasteiger charge is 2.56. The molecule has 0 aromatic heterocycles. The van der Waals surface area contributed by atoms with Crippen molar-refractivity contribution in [3.8, 4) is 0 Å². The van der Waals surface area contributed by atoms with E-state index in [-0.39, 0.29) is 0 Å². The Labute approximate surface area is 148 Å². The number of ether oxygens (including phenoxy) is 1. The first kappa shape index (κ1) is 24.6. The number of rotatable bonds is 11. The lowest BCUT2D eigenvalue weighted by Crippen LogP contribution is -2.62. The fraction of sp³-hybridized carbons (Fsp3) is 0.667. The van der Waals surface area contributed by atoms with Gasteiger partial charge in [0.15, 0.2) is 6.10 Å². The summed E-state index contributed by atoms with van der Waals surface area (Å²) in [4.78, 5) is 43.6. The summed E-state index contributed by atoms with van der Waals surface area (Å²) in [5.74, 6) is -16.6. The van der Waals surface area contributed by atoms with Gasteiger partial charge < -0.3 is 55.8 Å². The maximum atomic E-state index is 11.7. The number of hydrogen-bond donors (Lipinski definition) is 10. The molecule has 4 atom stereocenters. The minimum absolute atomic E-state index is 1.07. The van der Waals surface area contributed by atoms with Gasteiger partial charge in [-0.2, -0.15) is 0 Å². The van der Waals surface area contributed by atoms with Gasteiger partial charge in [0.1, 0.15) is 12.2 Å². The maximum absolute atomic E-state index is 11.7. The van der Waals surface area contributed by atoms with E-state index >= 15 is 0 Å². The van der Waals surface area contributed by atoms with Crippen LogP contribution in [0.4, 0.5) is 0 Å². The Morgan fingerprint density at radius 1 is 0.815 bits per heavy atom. The first-order valence-corrected chi connectivity index (χ1v) is 6.88. The van der Waals surface area contributed by atoms with Crippen molar-refractivity contribution in [1.82, 2.24) is 0 Å². The van der Waals surface area contributed by atoms with Crippen LogP contribution in [0.1, 0.15) is 12.8 Å². The second kappa shape index (κ2) is 9.00. The highest BCUT2D eigenvalue weighted by Crippen LogP contribution is 2.25. The van der Waals surface area contributed by atoms with Gasteiger partial charge in [0.2, 0.25) is 11.9 Å². The number of aliphatic hydroxyl groups is 7. The van der Waals surface area contributed by atoms with Gasteiger partial charge >= 0.3 is 29.7 Å². The van der Waals surface area contributed by atoms with E-state index in [0.717, 1.165) is 0 Å². The molecule has 27 heavy (non-hydrogen) atoms. The number of aliphatic hydroxyl groups excluding tert-OH is 3. The molecule has 0 saturated heterocycles. The van der Waals surface area contributed by atoms with Crippen molar-refractivity contribution in [2.45, 2.75) is 48.8 Å². The van der Waals surface area contributed by atoms with Gasteiger partial charge in [-0.3, -0.25) is 4.79 Å². The molecule has 0 fully saturated rings. The van der Waals surface area contributed by atoms with E-state index in [4.69, 9.17) is 20.4 Å². The molecule has 0 unspecified atom stereocenters. The maximum Gasteiger partial charge on any atom is 0.373 e. The molecular formula is C12H18O15. The predicted octanol–water partition coefficient (Wildman–Crippen LogP) is -5.62. The van der Waals surface area contributed by atoms with Gasteiger partial charge in [0.05, 0.1) is 6.42 Å². The van der Waals surface area contributed by atoms with Gasteiger partial charge in [0, 0.05) is 6.42 Å². The van der Waals surface area contributed by atoms with Crippen molar-refractivity contribution in [2.75, 3.05) is 0 Å². The van der Waals surface area contributed by atoms with Gasteiger partial charge in [-0.15, -0.1) is 0 Å². The van der Waals surface area contributed by atoms with Crippen LogP contribution >= 0.6 is 0 Å². The van der Waals surface area contributed by atoms with Crippen molar-refractivity contribution in [1.29, 1.82) is 0 Å². The van der Waals surface area contributed by atoms with Crippen LogP contribution < -0.4 is 0 Å². The molecule has 0 aromatic carbocycles. The van der Waals surface area contributed by atoms with Gasteiger partial charge in [-0.25, -0.2) is 14.4 Å². The Morgan fingerprint density at radius 3 is 1.67 bits per heavy atom. The number of esters is 1. The highest BCUT2D eigenvalue weighted by molar-refractivity contribution is 5.83. The largest absolute Gasteiger partial charge is 0.481 e. The van der Waals surface area contributed by atoms with E-state index < -0.39 is 72.7 Å². The zero-order valence-corrected chi connectivity index (χ0v) is 13.2. The van der Waals surface area contributed by atoms with Crippen LogP contribution in [0.2, 0.25) is 0 Å². The van der Waals surface area contributed by atoms with Crippen LogP contribution in [-0.4, -0.2) is 111 Å². The Morgan fingerprint density at radius 2 is 1.30 bits per heavy atom. The first-order valence-electron chi connectivity index (χ1n) is 6.88. The zero-order chi connectivity index (χ0) is 21.7. The molecule has 0 amide bonds. The number of hydrogen-bond acceptors (Lipinski definition) is 12. The van der Waals surface area contributed by atoms with E-state index in [2.05, 4.69) is 4.74 Å². The fourth-order valence-electron chi connectivity index (χ4n) is 1.59. The third-order valence-corrected chi connectivity index (χ3v) is 3.24. The summed E-state index contributed by atoms with van der Waals surface area (Å²) < 4.78 is 3.96. The van der Waals surface area contributed by atoms with Crippen LogP contribution in [0, 0.1) is 0 Å². The van der Waals surface area contributed by atoms with E-state index in [1.807, 2.05) is 0 Å². The second-order valence-corrected chi connectivity index (χ2v) is 5.31. The third kappa shape index (κ3) is 6.07. The lowest BCUT2D eigenvalue weighted by molar-refractivity contribution is -0.349. The minimum atomic E-state index is -4.29. The van der Waals surface area contributed by atoms with Gasteiger partial charge in [0.25, 0.3) is 0 Å². The molecule has 0 radical (unpaired) electrons. The van der Waals surface area contributed by atoms with Crippen LogP contribution in [0.15, 0.2) is 0 Å². The first-order chi connectivity index (χ1) is 12.1. The Hall–Kier alpha value is -2.40. The Kier molecular flexibility index (Phi) is 8.20. The molecule has 0 bridgehead atoms. The molecule has 10 N–H and O–H groups in total. The number of carbonyl (C=O) groups is 4. The van der Waals surface area contributed by atoms with Crippen LogP contribution in [0.3, 0.4) is 0 Å². The number of aliphatic carboxylic acids is 3. The van der Waals surface area contributed by atoms with Crippen LogP contribution in [0.25, 0.3) is 0 Å². The normalized spacial score (nSPS) is 16.7. The topological polar surface area (TPSA) is 280 Å². The number of carboxylic acid groups (broad SMARTS) is 3. The monoisotopic (exact) mass is 402 g/mol. The third-order valence-electron chi connectivity index (χ3n) is 3.24. The van der Waals surface area contributed by atoms with E-state index in [1.54, 1.807) is 0 Å². The molecule has 0 aliphatic rings. The average Bonchev–Trinajstić information content (AvgIpc) is 2.54. The Balaban J connectivity index is 5.45. The SMILES string of the molecule is O=C(O)CCC(O)(O)C(O)(O)C(=O)O[C@@H](C(=O)O)[C@@H](O)[C@H](O)[C@H](O)C(=O)O. The summed E-state index contributed by atoms with van der Waals surface area (Å²) in [5, 5.41) is 91.6. The summed E-state index contributed by atoms with van der Waals surface area (Å²) in [6.07, 6.45) is -13.5. The fourth-order valence-corrected chi connectivity index (χ4v) is 1.59. The van der Waals surface area contributed by atoms with Crippen LogP contribution in [-0.2, 0) is 23.9 Å². The molecule has 0 saturated carbocycles. The summed E-state index contributed by atoms with van der Waals surface area (Å²) in [6.45, 7) is 0. The summed E-state index contributed by atoms with van der Waals surface area (Å²) >= 11 is 0. The standard InChI is InChI=1S/C12H18O15/c13-3(14)1-2-11(23,24)12(25,26)10(22)27-7(9(20)21)5(16)4(15)6(17)8(18)19/h4-7,15-17,23-26H,1-2H2,(H,13,14)(H,18,19)(H,20,21)/t4-,5-,6-,7+/m0/s1. The summed E-state index contributed by atoms with van der Waals surface area (Å²) in [6, 6.07) is 0. The van der Waals surface area contributed by atoms with E-state index in [0.29, 0.717) is 0 Å². The van der Waals surface area contributed by atoms with Crippen molar-refractivity contribution in [3.63, 3.8) is 0 Å². The van der Waals surface area contributed by atoms with Crippen LogP contribution in [0.5, 0.6) is 0 Å². The number of carboxylic acids is 3. The Bertz CT molecular complexity index is 581. The lowest BCUT2D eigenvalue weighted by atomic mass is 9.99. The molecule has 0 aromatic rings. The van der Waals surface area contributed by atoms with Crippen molar-refractivity contribution >= 4 is 23.9 Å². The number of carbonyl (C=O) groups excluding carboxylic acids is 1. The molecular weight excluding hydrogens is 384 g/mol. The quantitative estimate of drug-likeness (QED) is 0.114. The highest BCUT2D eigenvalue weighted by atomic mass is 16.7. The van der Waals surface area contributed by atoms with E-state index in [9.17, 15) is 49.8 Å². The van der Waals surface area contributed by atoms with Crippen molar-refractivity contribution < 1.29 is 75.0 Å². The van der Waals surface area contributed by atoms with Crippen molar-refractivity contribution in [3.05, 3.63) is 0 Å². The molecule has 0 heterocycles. The molecule has 0 aliphatic heterocycles. The van der Waals surface area contributed by atoms with E-state index in [1.165, 1.54) is 0 Å². The smallest absolute Gasteiger partial charge is 0.373 e. The molecule has 0 aliphatic carbocycles. The van der Waals surface area contributed by atoms with Crippen molar-refractivity contribution in [2.24, 2.45) is 0 Å². The molecule has 0 rings (SSSR count). The average molecular weight is 402 g/mol. The molecule has 0 spiro atoms. The zero-order valence-electron chi connectivity index (χ0n) is 13.2. The lowest BCUT2D eigenvalue weighted by Gasteiger charge is -2.34. The van der Waals surface area contributed by atoms with Gasteiger partial charge in [-0.1, -0.05) is 0 Å². The summed E-state index contributed by atoms with van der Waals surface area (Å²) in [5.41, 5.74) is 0. The molecule has 15 heteroatoms.